The fraction of sp³-hybridized carbons (Fsp3) is 0.222. The number of nitrogens with zero attached hydrogens (tertiary/aromatic N) is 4. The first-order chi connectivity index (χ1) is 9.18. The highest BCUT2D eigenvalue weighted by Crippen LogP contribution is 2.30. The van der Waals surface area contributed by atoms with Crippen LogP contribution in [0.4, 0.5) is 11.4 Å². The Labute approximate surface area is 123 Å². The fourth-order valence-corrected chi connectivity index (χ4v) is 1.77. The molecule has 106 valence electrons. The van der Waals surface area contributed by atoms with Crippen LogP contribution in [0.25, 0.3) is 0 Å². The van der Waals surface area contributed by atoms with E-state index in [1.165, 1.54) is 4.90 Å². The molecule has 0 bridgehead atoms. The van der Waals surface area contributed by atoms with Gasteiger partial charge in [-0.15, -0.1) is 0 Å². The number of hydrogen-bond acceptors (Lipinski definition) is 7. The van der Waals surface area contributed by atoms with Crippen molar-refractivity contribution in [1.29, 1.82) is 0 Å². The topological polar surface area (TPSA) is 128 Å². The summed E-state index contributed by atoms with van der Waals surface area (Å²) in [7, 11) is 3.13. The van der Waals surface area contributed by atoms with Gasteiger partial charge in [0.2, 0.25) is 0 Å². The van der Waals surface area contributed by atoms with Crippen LogP contribution in [0.5, 0.6) is 0 Å². The maximum absolute atomic E-state index is 11.2. The van der Waals surface area contributed by atoms with Gasteiger partial charge in [0, 0.05) is 14.1 Å². The van der Waals surface area contributed by atoms with Gasteiger partial charge in [-0.25, -0.2) is 4.98 Å². The van der Waals surface area contributed by atoms with Gasteiger partial charge in [-0.1, -0.05) is 24.4 Å². The molecule has 0 saturated heterocycles. The average Bonchev–Trinajstić information content (AvgIpc) is 2.35. The smallest absolute Gasteiger partial charge is 0.315 e. The molecule has 0 aliphatic carbocycles. The normalized spacial score (nSPS) is 9.90. The number of nitro groups is 2. The third-order valence-electron chi connectivity index (χ3n) is 2.27. The zero-order valence-electron chi connectivity index (χ0n) is 10.4. The van der Waals surface area contributed by atoms with Gasteiger partial charge in [0.1, 0.15) is 16.2 Å². The molecule has 0 atom stereocenters. The summed E-state index contributed by atoms with van der Waals surface area (Å²) in [5.41, 5.74) is 3.44. The first kappa shape index (κ1) is 15.8. The Morgan fingerprint density at radius 3 is 2.20 bits per heavy atom. The minimum absolute atomic E-state index is 0.0455. The van der Waals surface area contributed by atoms with E-state index in [2.05, 4.69) is 17.2 Å². The van der Waals surface area contributed by atoms with Gasteiger partial charge < -0.3 is 10.6 Å². The second kappa shape index (κ2) is 5.79. The quantitative estimate of drug-likeness (QED) is 0.486. The minimum atomic E-state index is -0.836. The summed E-state index contributed by atoms with van der Waals surface area (Å²) < 4.78 is 0. The van der Waals surface area contributed by atoms with E-state index in [1.807, 2.05) is 0 Å². The first-order valence-electron chi connectivity index (χ1n) is 5.01. The van der Waals surface area contributed by atoms with E-state index in [0.717, 1.165) is 6.20 Å². The predicted octanol–water partition coefficient (Wildman–Crippen LogP) is 0.769. The van der Waals surface area contributed by atoms with Crippen molar-refractivity contribution in [1.82, 2.24) is 9.88 Å². The Bertz CT molecular complexity index is 631. The second-order valence-electron chi connectivity index (χ2n) is 3.79. The summed E-state index contributed by atoms with van der Waals surface area (Å²) in [6.07, 6.45) is 0.854. The van der Waals surface area contributed by atoms with Crippen LogP contribution in [0.3, 0.4) is 0 Å². The zero-order chi connectivity index (χ0) is 15.6. The highest BCUT2D eigenvalue weighted by molar-refractivity contribution is 7.81. The molecule has 0 unspecified atom stereocenters. The summed E-state index contributed by atoms with van der Waals surface area (Å²) in [5, 5.41) is 22.1. The van der Waals surface area contributed by atoms with Gasteiger partial charge in [-0.3, -0.25) is 20.2 Å². The zero-order valence-corrected chi connectivity index (χ0v) is 12.0. The van der Waals surface area contributed by atoms with Crippen LogP contribution >= 0.6 is 24.4 Å². The van der Waals surface area contributed by atoms with Crippen LogP contribution in [-0.4, -0.2) is 43.8 Å². The molecule has 0 amide bonds. The maximum atomic E-state index is 11.2. The molecule has 1 aromatic heterocycles. The van der Waals surface area contributed by atoms with Crippen molar-refractivity contribution in [2.45, 2.75) is 0 Å². The summed E-state index contributed by atoms with van der Waals surface area (Å²) in [6, 6.07) is 0. The standard InChI is InChI=1S/C9H9N5O4S2/c1-12(2)9(20)6-7(14(17)18)5(8(10)19)4(3-11-6)13(15)16/h3H,1-2H3,(H2,10,19). The van der Waals surface area contributed by atoms with Crippen LogP contribution in [0.2, 0.25) is 0 Å². The van der Waals surface area contributed by atoms with Crippen molar-refractivity contribution >= 4 is 45.8 Å². The second-order valence-corrected chi connectivity index (χ2v) is 4.62. The first-order valence-corrected chi connectivity index (χ1v) is 5.83. The fourth-order valence-electron chi connectivity index (χ4n) is 1.42. The van der Waals surface area contributed by atoms with E-state index in [4.69, 9.17) is 18.0 Å². The molecule has 1 heterocycles. The number of thiocarbonyl (C=S) groups is 2. The molecule has 20 heavy (non-hydrogen) atoms. The van der Waals surface area contributed by atoms with Crippen LogP contribution in [0.1, 0.15) is 11.3 Å². The predicted molar refractivity (Wildman–Crippen MR) is 78.8 cm³/mol. The molecule has 11 heteroatoms. The van der Waals surface area contributed by atoms with Gasteiger partial charge in [-0.05, 0) is 0 Å². The van der Waals surface area contributed by atoms with Crippen LogP contribution < -0.4 is 5.73 Å². The third-order valence-corrected chi connectivity index (χ3v) is 3.03. The van der Waals surface area contributed by atoms with Crippen molar-refractivity contribution in [2.24, 2.45) is 5.73 Å². The summed E-state index contributed by atoms with van der Waals surface area (Å²) >= 11 is 9.68. The number of rotatable bonds is 4. The lowest BCUT2D eigenvalue weighted by Gasteiger charge is -2.14. The Morgan fingerprint density at radius 1 is 1.30 bits per heavy atom. The van der Waals surface area contributed by atoms with E-state index in [-0.39, 0.29) is 10.7 Å². The molecule has 0 saturated carbocycles. The van der Waals surface area contributed by atoms with Crippen molar-refractivity contribution in [2.75, 3.05) is 14.1 Å². The Hall–Kier alpha value is -2.27. The molecule has 2 N–H and O–H groups in total. The number of nitrogens with two attached hydrogens (primary N) is 1. The largest absolute Gasteiger partial charge is 0.389 e. The van der Waals surface area contributed by atoms with Crippen LogP contribution in [-0.2, 0) is 0 Å². The van der Waals surface area contributed by atoms with E-state index in [1.54, 1.807) is 14.1 Å². The Balaban J connectivity index is 3.79. The number of pyridine rings is 1. The lowest BCUT2D eigenvalue weighted by molar-refractivity contribution is -0.395. The highest BCUT2D eigenvalue weighted by Gasteiger charge is 2.33. The van der Waals surface area contributed by atoms with Gasteiger partial charge in [0.05, 0.1) is 9.85 Å². The maximum Gasteiger partial charge on any atom is 0.315 e. The van der Waals surface area contributed by atoms with Crippen molar-refractivity contribution < 1.29 is 9.85 Å². The monoisotopic (exact) mass is 315 g/mol. The molecule has 0 aromatic carbocycles. The summed E-state index contributed by atoms with van der Waals surface area (Å²) in [4.78, 5) is 25.1. The van der Waals surface area contributed by atoms with E-state index in [9.17, 15) is 20.2 Å². The molecule has 0 aliphatic heterocycles. The molecular weight excluding hydrogens is 306 g/mol. The number of aromatic nitrogens is 1. The average molecular weight is 315 g/mol. The third kappa shape index (κ3) is 2.83. The highest BCUT2D eigenvalue weighted by atomic mass is 32.1. The molecule has 1 rings (SSSR count). The molecule has 0 radical (unpaired) electrons. The Kier molecular flexibility index (Phi) is 4.57. The van der Waals surface area contributed by atoms with Gasteiger partial charge >= 0.3 is 11.4 Å². The lowest BCUT2D eigenvalue weighted by Crippen LogP contribution is -2.25. The summed E-state index contributed by atoms with van der Waals surface area (Å²) in [6.45, 7) is 0. The lowest BCUT2D eigenvalue weighted by atomic mass is 10.1. The number of hydrogen-bond donors (Lipinski definition) is 1. The van der Waals surface area contributed by atoms with E-state index in [0.29, 0.717) is 0 Å². The molecule has 0 aliphatic rings. The van der Waals surface area contributed by atoms with Crippen molar-refractivity contribution in [3.63, 3.8) is 0 Å². The van der Waals surface area contributed by atoms with Gasteiger partial charge in [-0.2, -0.15) is 0 Å². The molecule has 1 aromatic rings. The minimum Gasteiger partial charge on any atom is -0.389 e. The summed E-state index contributed by atoms with van der Waals surface area (Å²) in [5.74, 6) is 0. The van der Waals surface area contributed by atoms with Crippen LogP contribution in [0, 0.1) is 20.2 Å². The van der Waals surface area contributed by atoms with Crippen molar-refractivity contribution in [3.8, 4) is 0 Å². The molecular formula is C9H9N5O4S2. The van der Waals surface area contributed by atoms with Gasteiger partial charge in [0.15, 0.2) is 11.3 Å². The van der Waals surface area contributed by atoms with Gasteiger partial charge in [0.25, 0.3) is 0 Å². The molecule has 0 spiro atoms. The Morgan fingerprint density at radius 2 is 1.85 bits per heavy atom. The molecule has 9 nitrogen and oxygen atoms in total. The molecule has 0 fully saturated rings. The SMILES string of the molecule is CN(C)C(=S)c1ncc([N+](=O)[O-])c(C(N)=S)c1[N+](=O)[O-]. The van der Waals surface area contributed by atoms with Crippen molar-refractivity contribution in [3.05, 3.63) is 37.7 Å². The van der Waals surface area contributed by atoms with E-state index >= 15 is 0 Å². The van der Waals surface area contributed by atoms with E-state index < -0.39 is 31.8 Å². The van der Waals surface area contributed by atoms with Crippen LogP contribution in [0.15, 0.2) is 6.20 Å².